The Morgan fingerprint density at radius 3 is 2.55 bits per heavy atom. The molecule has 8 nitrogen and oxygen atoms in total. The van der Waals surface area contributed by atoms with Crippen molar-refractivity contribution in [2.24, 2.45) is 5.10 Å². The van der Waals surface area contributed by atoms with Crippen LogP contribution >= 0.6 is 0 Å². The summed E-state index contributed by atoms with van der Waals surface area (Å²) in [6, 6.07) is 17.2. The molecule has 3 aromatic rings. The zero-order valence-electron chi connectivity index (χ0n) is 18.6. The summed E-state index contributed by atoms with van der Waals surface area (Å²) in [4.78, 5) is 22.2. The van der Waals surface area contributed by atoms with Crippen molar-refractivity contribution in [1.82, 2.24) is 14.9 Å². The molecule has 2 aromatic heterocycles. The second-order valence-corrected chi connectivity index (χ2v) is 8.20. The number of ether oxygens (including phenoxy) is 1. The first-order valence-electron chi connectivity index (χ1n) is 11.2. The van der Waals surface area contributed by atoms with Crippen LogP contribution in [0.1, 0.15) is 23.8 Å². The third-order valence-corrected chi connectivity index (χ3v) is 6.17. The van der Waals surface area contributed by atoms with Crippen LogP contribution in [0.4, 0.5) is 5.82 Å². The molecule has 8 heteroatoms. The molecule has 0 radical (unpaired) electrons. The summed E-state index contributed by atoms with van der Waals surface area (Å²) >= 11 is 0. The summed E-state index contributed by atoms with van der Waals surface area (Å²) in [6.45, 7) is 3.61. The highest BCUT2D eigenvalue weighted by atomic mass is 16.5. The number of carbonyl (C=O) groups excluding carboxylic acids is 1. The van der Waals surface area contributed by atoms with Crippen molar-refractivity contribution in [3.8, 4) is 5.75 Å². The zero-order valence-corrected chi connectivity index (χ0v) is 18.6. The fraction of sp³-hybridized carbons (Fsp3) is 0.320. The van der Waals surface area contributed by atoms with Crippen molar-refractivity contribution >= 4 is 17.4 Å². The predicted octanol–water partition coefficient (Wildman–Crippen LogP) is 3.18. The monoisotopic (exact) mass is 445 g/mol. The number of carbonyl (C=O) groups is 1. The number of hydrogen-bond acceptors (Lipinski definition) is 7. The van der Waals surface area contributed by atoms with Crippen LogP contribution in [-0.4, -0.2) is 66.3 Å². The molecule has 170 valence electrons. The highest BCUT2D eigenvalue weighted by Gasteiger charge is 2.35. The summed E-state index contributed by atoms with van der Waals surface area (Å²) in [7, 11) is 1.64. The number of pyridine rings is 1. The Hall–Kier alpha value is -3.65. The van der Waals surface area contributed by atoms with Crippen molar-refractivity contribution in [2.75, 3.05) is 44.7 Å². The molecule has 0 saturated carbocycles. The van der Waals surface area contributed by atoms with Gasteiger partial charge >= 0.3 is 0 Å². The standard InChI is InChI=1S/C25H27N5O3/c1-32-20-9-7-19(8-10-20)21-17-22(23-5-4-16-33-23)30(27-21)25(31)18-28-12-14-29(15-13-28)24-6-2-3-11-26-24/h2-11,16,22H,12-15,17-18H2,1H3/t22-/m1/s1. The number of amides is 1. The summed E-state index contributed by atoms with van der Waals surface area (Å²) in [5.41, 5.74) is 1.85. The smallest absolute Gasteiger partial charge is 0.257 e. The first kappa shape index (κ1) is 21.2. The summed E-state index contributed by atoms with van der Waals surface area (Å²) in [5, 5.41) is 6.33. The van der Waals surface area contributed by atoms with E-state index in [2.05, 4.69) is 14.8 Å². The van der Waals surface area contributed by atoms with Gasteiger partial charge in [-0.2, -0.15) is 5.10 Å². The number of rotatable bonds is 6. The minimum absolute atomic E-state index is 0.0220. The van der Waals surface area contributed by atoms with E-state index in [1.807, 2.05) is 60.8 Å². The van der Waals surface area contributed by atoms with Gasteiger partial charge in [0, 0.05) is 38.8 Å². The van der Waals surface area contributed by atoms with Crippen LogP contribution < -0.4 is 9.64 Å². The quantitative estimate of drug-likeness (QED) is 0.580. The number of anilines is 1. The molecule has 0 bridgehead atoms. The van der Waals surface area contributed by atoms with Gasteiger partial charge in [-0.15, -0.1) is 0 Å². The Morgan fingerprint density at radius 2 is 1.88 bits per heavy atom. The van der Waals surface area contributed by atoms with E-state index < -0.39 is 0 Å². The molecule has 0 spiro atoms. The van der Waals surface area contributed by atoms with Crippen molar-refractivity contribution in [2.45, 2.75) is 12.5 Å². The number of nitrogens with zero attached hydrogens (tertiary/aromatic N) is 5. The number of benzene rings is 1. The van der Waals surface area contributed by atoms with Crippen molar-refractivity contribution in [1.29, 1.82) is 0 Å². The molecule has 33 heavy (non-hydrogen) atoms. The van der Waals surface area contributed by atoms with E-state index in [-0.39, 0.29) is 11.9 Å². The second-order valence-electron chi connectivity index (χ2n) is 8.20. The van der Waals surface area contributed by atoms with Gasteiger partial charge in [0.15, 0.2) is 0 Å². The lowest BCUT2D eigenvalue weighted by atomic mass is 10.0. The highest BCUT2D eigenvalue weighted by Crippen LogP contribution is 2.33. The minimum Gasteiger partial charge on any atom is -0.497 e. The third kappa shape index (κ3) is 4.61. The molecular weight excluding hydrogens is 418 g/mol. The molecule has 1 fully saturated rings. The van der Waals surface area contributed by atoms with Crippen LogP contribution in [-0.2, 0) is 4.79 Å². The van der Waals surface area contributed by atoms with E-state index in [9.17, 15) is 4.79 Å². The van der Waals surface area contributed by atoms with Gasteiger partial charge in [-0.1, -0.05) is 6.07 Å². The lowest BCUT2D eigenvalue weighted by Gasteiger charge is -2.35. The molecule has 4 heterocycles. The predicted molar refractivity (Wildman–Crippen MR) is 125 cm³/mol. The molecule has 1 aromatic carbocycles. The fourth-order valence-electron chi connectivity index (χ4n) is 4.34. The Balaban J connectivity index is 1.28. The number of hydrazone groups is 1. The maximum atomic E-state index is 13.3. The van der Waals surface area contributed by atoms with Gasteiger partial charge in [0.05, 0.1) is 25.6 Å². The largest absolute Gasteiger partial charge is 0.497 e. The Kier molecular flexibility index (Phi) is 6.08. The van der Waals surface area contributed by atoms with Gasteiger partial charge < -0.3 is 14.1 Å². The van der Waals surface area contributed by atoms with Crippen LogP contribution in [0.3, 0.4) is 0 Å². The normalized spacial score (nSPS) is 18.9. The lowest BCUT2D eigenvalue weighted by molar-refractivity contribution is -0.134. The SMILES string of the molecule is COc1ccc(C2=NN(C(=O)CN3CCN(c4ccccn4)CC3)[C@@H](c3ccco3)C2)cc1. The lowest BCUT2D eigenvalue weighted by Crippen LogP contribution is -2.49. The van der Waals surface area contributed by atoms with E-state index in [4.69, 9.17) is 14.3 Å². The average Bonchev–Trinajstić information content (AvgIpc) is 3.55. The summed E-state index contributed by atoms with van der Waals surface area (Å²) < 4.78 is 10.9. The molecule has 1 amide bonds. The molecule has 0 aliphatic carbocycles. The zero-order chi connectivity index (χ0) is 22.6. The van der Waals surface area contributed by atoms with E-state index in [0.717, 1.165) is 54.8 Å². The molecule has 0 N–H and O–H groups in total. The Bertz CT molecular complexity index is 1090. The summed E-state index contributed by atoms with van der Waals surface area (Å²) in [6.07, 6.45) is 4.06. The topological polar surface area (TPSA) is 74.4 Å². The molecule has 0 unspecified atom stereocenters. The van der Waals surface area contributed by atoms with Crippen molar-refractivity contribution < 1.29 is 13.9 Å². The van der Waals surface area contributed by atoms with Crippen LogP contribution in [0.2, 0.25) is 0 Å². The van der Waals surface area contributed by atoms with Crippen molar-refractivity contribution in [3.63, 3.8) is 0 Å². The van der Waals surface area contributed by atoms with E-state index in [0.29, 0.717) is 13.0 Å². The van der Waals surface area contributed by atoms with Crippen molar-refractivity contribution in [3.05, 3.63) is 78.4 Å². The third-order valence-electron chi connectivity index (χ3n) is 6.17. The number of piperazine rings is 1. The number of aromatic nitrogens is 1. The van der Waals surface area contributed by atoms with Gasteiger partial charge in [0.1, 0.15) is 23.4 Å². The number of furan rings is 1. The van der Waals surface area contributed by atoms with Gasteiger partial charge in [-0.25, -0.2) is 9.99 Å². The highest BCUT2D eigenvalue weighted by molar-refractivity contribution is 6.03. The molecule has 1 atom stereocenters. The molecule has 2 aliphatic rings. The maximum Gasteiger partial charge on any atom is 0.257 e. The van der Waals surface area contributed by atoms with Crippen LogP contribution in [0.15, 0.2) is 76.6 Å². The van der Waals surface area contributed by atoms with Crippen LogP contribution in [0.5, 0.6) is 5.75 Å². The fourth-order valence-corrected chi connectivity index (χ4v) is 4.34. The van der Waals surface area contributed by atoms with E-state index in [1.165, 1.54) is 0 Å². The summed E-state index contributed by atoms with van der Waals surface area (Å²) in [5.74, 6) is 2.49. The first-order valence-corrected chi connectivity index (χ1v) is 11.2. The molecule has 2 aliphatic heterocycles. The maximum absolute atomic E-state index is 13.3. The minimum atomic E-state index is -0.237. The van der Waals surface area contributed by atoms with E-state index in [1.54, 1.807) is 18.4 Å². The average molecular weight is 446 g/mol. The van der Waals surface area contributed by atoms with Crippen LogP contribution in [0.25, 0.3) is 0 Å². The number of methoxy groups -OCH3 is 1. The Morgan fingerprint density at radius 1 is 1.06 bits per heavy atom. The van der Waals surface area contributed by atoms with Gasteiger partial charge in [0.25, 0.3) is 5.91 Å². The Labute approximate surface area is 193 Å². The van der Waals surface area contributed by atoms with Crippen LogP contribution in [0, 0.1) is 0 Å². The first-order chi connectivity index (χ1) is 16.2. The van der Waals surface area contributed by atoms with Gasteiger partial charge in [0.2, 0.25) is 0 Å². The molecular formula is C25H27N5O3. The molecule has 5 rings (SSSR count). The molecule has 1 saturated heterocycles. The van der Waals surface area contributed by atoms with E-state index >= 15 is 0 Å². The second kappa shape index (κ2) is 9.46. The van der Waals surface area contributed by atoms with Gasteiger partial charge in [-0.05, 0) is 54.1 Å². The van der Waals surface area contributed by atoms with Gasteiger partial charge in [-0.3, -0.25) is 9.69 Å². The number of hydrogen-bond donors (Lipinski definition) is 0.